The summed E-state index contributed by atoms with van der Waals surface area (Å²) in [4.78, 5) is 19.4. The lowest BCUT2D eigenvalue weighted by Crippen LogP contribution is -2.48. The van der Waals surface area contributed by atoms with Gasteiger partial charge in [0.05, 0.1) is 6.61 Å². The van der Waals surface area contributed by atoms with Crippen LogP contribution in [0.4, 0.5) is 4.79 Å². The van der Waals surface area contributed by atoms with Crippen LogP contribution in [0.3, 0.4) is 0 Å². The highest BCUT2D eigenvalue weighted by molar-refractivity contribution is 5.68. The molecule has 0 bridgehead atoms. The molecule has 5 heteroatoms. The number of hydroxylamine groups is 1. The normalized spacial score (nSPS) is 21.6. The zero-order chi connectivity index (χ0) is 15.2. The van der Waals surface area contributed by atoms with Gasteiger partial charge < -0.3 is 14.5 Å². The average molecular weight is 286 g/mol. The van der Waals surface area contributed by atoms with Gasteiger partial charge >= 0.3 is 6.09 Å². The zero-order valence-electron chi connectivity index (χ0n) is 13.6. The highest BCUT2D eigenvalue weighted by atomic mass is 16.6. The number of ether oxygens (including phenoxy) is 1. The highest BCUT2D eigenvalue weighted by Gasteiger charge is 2.31. The van der Waals surface area contributed by atoms with Crippen LogP contribution in [0.15, 0.2) is 0 Å². The Balaban J connectivity index is 2.55. The maximum atomic E-state index is 12.3. The Kier molecular flexibility index (Phi) is 6.76. The van der Waals surface area contributed by atoms with Gasteiger partial charge in [-0.3, -0.25) is 0 Å². The minimum atomic E-state index is -0.436. The van der Waals surface area contributed by atoms with Crippen molar-refractivity contribution in [2.45, 2.75) is 78.0 Å². The van der Waals surface area contributed by atoms with Gasteiger partial charge in [0, 0.05) is 18.6 Å². The van der Waals surface area contributed by atoms with E-state index in [2.05, 4.69) is 12.4 Å². The predicted molar refractivity (Wildman–Crippen MR) is 79.4 cm³/mol. The molecule has 20 heavy (non-hydrogen) atoms. The van der Waals surface area contributed by atoms with Crippen molar-refractivity contribution in [3.8, 4) is 0 Å². The Labute approximate surface area is 122 Å². The summed E-state index contributed by atoms with van der Waals surface area (Å²) in [6.07, 6.45) is 3.97. The fraction of sp³-hybridized carbons (Fsp3) is 0.933. The van der Waals surface area contributed by atoms with E-state index in [0.29, 0.717) is 6.61 Å². The maximum absolute atomic E-state index is 12.3. The lowest BCUT2D eigenvalue weighted by Gasteiger charge is -2.37. The van der Waals surface area contributed by atoms with Crippen LogP contribution in [0.5, 0.6) is 0 Å². The van der Waals surface area contributed by atoms with E-state index in [4.69, 9.17) is 9.57 Å². The third-order valence-corrected chi connectivity index (χ3v) is 3.31. The Morgan fingerprint density at radius 1 is 1.40 bits per heavy atom. The molecule has 118 valence electrons. The van der Waals surface area contributed by atoms with E-state index in [1.807, 2.05) is 32.6 Å². The minimum absolute atomic E-state index is 0.189. The fourth-order valence-corrected chi connectivity index (χ4v) is 2.49. The van der Waals surface area contributed by atoms with Gasteiger partial charge in [-0.05, 0) is 60.3 Å². The van der Waals surface area contributed by atoms with Gasteiger partial charge in [-0.15, -0.1) is 0 Å². The van der Waals surface area contributed by atoms with Gasteiger partial charge in [0.1, 0.15) is 5.60 Å². The predicted octanol–water partition coefficient (Wildman–Crippen LogP) is 3.10. The molecule has 5 nitrogen and oxygen atoms in total. The van der Waals surface area contributed by atoms with E-state index >= 15 is 0 Å². The number of hydrogen-bond acceptors (Lipinski definition) is 4. The van der Waals surface area contributed by atoms with Crippen LogP contribution in [0.2, 0.25) is 0 Å². The van der Waals surface area contributed by atoms with Crippen molar-refractivity contribution in [1.29, 1.82) is 0 Å². The highest BCUT2D eigenvalue weighted by Crippen LogP contribution is 2.23. The molecular weight excluding hydrogens is 256 g/mol. The number of nitrogens with zero attached hydrogens (tertiary/aromatic N) is 1. The standard InChI is InChI=1S/C15H30N2O3/c1-6-19-16-12(2)11-13-9-7-8-10-17(13)14(18)20-15(3,4)5/h12-13,16H,6-11H2,1-5H3. The van der Waals surface area contributed by atoms with Gasteiger partial charge in [0.25, 0.3) is 0 Å². The first-order valence-corrected chi connectivity index (χ1v) is 7.70. The molecule has 0 aromatic rings. The number of hydrogen-bond donors (Lipinski definition) is 1. The number of nitrogens with one attached hydrogen (secondary N) is 1. The summed E-state index contributed by atoms with van der Waals surface area (Å²) < 4.78 is 5.51. The lowest BCUT2D eigenvalue weighted by molar-refractivity contribution is -0.00360. The largest absolute Gasteiger partial charge is 0.444 e. The second kappa shape index (κ2) is 7.84. The molecule has 1 heterocycles. The number of carbonyl (C=O) groups is 1. The summed E-state index contributed by atoms with van der Waals surface area (Å²) in [7, 11) is 0. The van der Waals surface area contributed by atoms with E-state index < -0.39 is 5.60 Å². The summed E-state index contributed by atoms with van der Waals surface area (Å²) >= 11 is 0. The first-order valence-electron chi connectivity index (χ1n) is 7.70. The van der Waals surface area contributed by atoms with Crippen molar-refractivity contribution in [3.05, 3.63) is 0 Å². The molecule has 0 saturated carbocycles. The van der Waals surface area contributed by atoms with Gasteiger partial charge in [-0.1, -0.05) is 0 Å². The van der Waals surface area contributed by atoms with Crippen molar-refractivity contribution < 1.29 is 14.4 Å². The number of amides is 1. The molecule has 0 aromatic heterocycles. The van der Waals surface area contributed by atoms with E-state index in [-0.39, 0.29) is 18.2 Å². The molecule has 2 unspecified atom stereocenters. The van der Waals surface area contributed by atoms with Gasteiger partial charge in [0.15, 0.2) is 0 Å². The van der Waals surface area contributed by atoms with Crippen LogP contribution < -0.4 is 5.48 Å². The number of rotatable bonds is 5. The third kappa shape index (κ3) is 6.09. The lowest BCUT2D eigenvalue weighted by atomic mass is 9.97. The Hall–Kier alpha value is -0.810. The zero-order valence-corrected chi connectivity index (χ0v) is 13.6. The van der Waals surface area contributed by atoms with Crippen molar-refractivity contribution in [2.24, 2.45) is 0 Å². The number of carbonyl (C=O) groups excluding carboxylic acids is 1. The third-order valence-electron chi connectivity index (χ3n) is 3.31. The smallest absolute Gasteiger partial charge is 0.410 e. The Morgan fingerprint density at radius 3 is 2.70 bits per heavy atom. The molecule has 0 aliphatic carbocycles. The average Bonchev–Trinajstić information content (AvgIpc) is 2.35. The Bertz CT molecular complexity index is 302. The van der Waals surface area contributed by atoms with Crippen molar-refractivity contribution in [2.75, 3.05) is 13.2 Å². The van der Waals surface area contributed by atoms with Gasteiger partial charge in [-0.2, -0.15) is 5.48 Å². The monoisotopic (exact) mass is 286 g/mol. The molecule has 0 spiro atoms. The SMILES string of the molecule is CCONC(C)CC1CCCCN1C(=O)OC(C)(C)C. The second-order valence-electron chi connectivity index (χ2n) is 6.51. The topological polar surface area (TPSA) is 50.8 Å². The van der Waals surface area contributed by atoms with Crippen LogP contribution >= 0.6 is 0 Å². The molecule has 1 fully saturated rings. The van der Waals surface area contributed by atoms with E-state index in [1.165, 1.54) is 6.42 Å². The number of piperidine rings is 1. The van der Waals surface area contributed by atoms with Crippen LogP contribution in [-0.4, -0.2) is 41.8 Å². The molecule has 1 rings (SSSR count). The molecule has 2 atom stereocenters. The minimum Gasteiger partial charge on any atom is -0.444 e. The van der Waals surface area contributed by atoms with Crippen LogP contribution in [-0.2, 0) is 9.57 Å². The quantitative estimate of drug-likeness (QED) is 0.789. The summed E-state index contributed by atoms with van der Waals surface area (Å²) in [5, 5.41) is 0. The first-order chi connectivity index (χ1) is 9.33. The van der Waals surface area contributed by atoms with Crippen LogP contribution in [0, 0.1) is 0 Å². The van der Waals surface area contributed by atoms with Crippen molar-refractivity contribution in [1.82, 2.24) is 10.4 Å². The molecule has 1 aliphatic rings. The molecule has 1 saturated heterocycles. The van der Waals surface area contributed by atoms with E-state index in [9.17, 15) is 4.79 Å². The van der Waals surface area contributed by atoms with Gasteiger partial charge in [-0.25, -0.2) is 4.79 Å². The van der Waals surface area contributed by atoms with Crippen LogP contribution in [0.25, 0.3) is 0 Å². The van der Waals surface area contributed by atoms with Gasteiger partial charge in [0.2, 0.25) is 0 Å². The molecule has 1 N–H and O–H groups in total. The van der Waals surface area contributed by atoms with Crippen molar-refractivity contribution >= 4 is 6.09 Å². The van der Waals surface area contributed by atoms with E-state index in [0.717, 1.165) is 25.8 Å². The summed E-state index contributed by atoms with van der Waals surface area (Å²) in [5.41, 5.74) is 2.57. The molecular formula is C15H30N2O3. The molecule has 0 radical (unpaired) electrons. The Morgan fingerprint density at radius 2 is 2.10 bits per heavy atom. The number of likely N-dealkylation sites (tertiary alicyclic amines) is 1. The van der Waals surface area contributed by atoms with Crippen LogP contribution in [0.1, 0.15) is 60.3 Å². The summed E-state index contributed by atoms with van der Waals surface area (Å²) in [6, 6.07) is 0.463. The molecule has 1 amide bonds. The molecule has 1 aliphatic heterocycles. The maximum Gasteiger partial charge on any atom is 0.410 e. The second-order valence-corrected chi connectivity index (χ2v) is 6.51. The van der Waals surface area contributed by atoms with E-state index in [1.54, 1.807) is 0 Å². The van der Waals surface area contributed by atoms with Crippen molar-refractivity contribution in [3.63, 3.8) is 0 Å². The molecule has 0 aromatic carbocycles. The summed E-state index contributed by atoms with van der Waals surface area (Å²) in [6.45, 7) is 11.2. The summed E-state index contributed by atoms with van der Waals surface area (Å²) in [5.74, 6) is 0. The first kappa shape index (κ1) is 17.2. The fourth-order valence-electron chi connectivity index (χ4n) is 2.49.